The average molecular weight is 917 g/mol. The fourth-order valence-corrected chi connectivity index (χ4v) is 6.99. The molecule has 3 heterocycles. The van der Waals surface area contributed by atoms with E-state index < -0.39 is 172 Å². The minimum absolute atomic E-state index is 0.718. The van der Waals surface area contributed by atoms with Gasteiger partial charge in [0.15, 0.2) is 39.5 Å². The van der Waals surface area contributed by atoms with Crippen molar-refractivity contribution in [3.05, 3.63) is 0 Å². The Balaban J connectivity index is 1.93. The molecule has 3 aliphatic heterocycles. The lowest BCUT2D eigenvalue weighted by atomic mass is 9.94. The van der Waals surface area contributed by atoms with E-state index in [2.05, 4.69) is 13.7 Å². The van der Waals surface area contributed by atoms with Crippen LogP contribution in [0.5, 0.6) is 0 Å². The maximum Gasteiger partial charge on any atom is 0.217 e. The van der Waals surface area contributed by atoms with Crippen molar-refractivity contribution in [1.29, 1.82) is 0 Å². The number of ether oxygens (including phenoxy) is 6. The second-order valence-corrected chi connectivity index (χ2v) is 16.4. The Labute approximate surface area is 321 Å². The summed E-state index contributed by atoms with van der Waals surface area (Å²) in [6.45, 7) is -3.30. The molecule has 35 heteroatoms. The van der Waals surface area contributed by atoms with E-state index in [9.17, 15) is 92.1 Å². The maximum absolute atomic E-state index is 12.2. The van der Waals surface area contributed by atoms with Crippen molar-refractivity contribution in [2.24, 2.45) is 0 Å². The van der Waals surface area contributed by atoms with Crippen LogP contribution in [-0.2, 0) is 87.8 Å². The Bertz CT molecular complexity index is 1830. The van der Waals surface area contributed by atoms with Crippen LogP contribution in [0.15, 0.2) is 0 Å². The van der Waals surface area contributed by atoms with Gasteiger partial charge in [-0.25, -0.2) is 43.1 Å². The summed E-state index contributed by atoms with van der Waals surface area (Å²) in [5.41, 5.74) is 0. The van der Waals surface area contributed by atoms with Crippen LogP contribution in [0.2, 0.25) is 0 Å². The summed E-state index contributed by atoms with van der Waals surface area (Å²) in [6, 6.07) is -4.21. The Morgan fingerprint density at radius 3 is 1.70 bits per heavy atom. The molecule has 57 heavy (non-hydrogen) atoms. The number of aliphatic carboxylic acids is 1. The van der Waals surface area contributed by atoms with Crippen LogP contribution < -0.4 is 19.9 Å². The number of carbonyl (C=O) groups excluding carboxylic acids is 2. The Morgan fingerprint density at radius 2 is 1.19 bits per heavy atom. The molecule has 0 radical (unpaired) electrons. The Kier molecular flexibility index (Phi) is 16.9. The van der Waals surface area contributed by atoms with E-state index in [1.807, 2.05) is 0 Å². The summed E-state index contributed by atoms with van der Waals surface area (Å²) in [6.07, 6.45) is -30.8. The van der Waals surface area contributed by atoms with Gasteiger partial charge in [0, 0.05) is 13.5 Å². The number of carboxylic acid groups (broad SMARTS) is 1. The zero-order valence-corrected chi connectivity index (χ0v) is 31.5. The summed E-state index contributed by atoms with van der Waals surface area (Å²) in [5.74, 6) is -3.26. The van der Waals surface area contributed by atoms with E-state index in [1.54, 1.807) is 0 Å². The summed E-state index contributed by atoms with van der Waals surface area (Å²) < 4.78 is 176. The SMILES string of the molecule is CC(=O)N[C@H]1[C@@H](OCCNS(=O)(=O)[O-])O[C@H](COS(=O)(=O)[O-])[C@@H](O[C@@H]2O[C@H](C(=O)[O-])[C@@H](O[C@H]3O[C@H](COS(=O)(=O)[O-])[C@@H](O)[C@H](O)[C@H]3NS(=O)(=O)[O-])[C@H](O)[C@H]2O)[C@@H]1O. The Hall–Kier alpha value is -2.02. The summed E-state index contributed by atoms with van der Waals surface area (Å²) in [5, 5.41) is 68.4. The van der Waals surface area contributed by atoms with Crippen molar-refractivity contribution >= 4 is 53.3 Å². The quantitative estimate of drug-likeness (QED) is 0.0339. The number of aliphatic hydroxyl groups excluding tert-OH is 5. The smallest absolute Gasteiger partial charge is 0.217 e. The first-order valence-electron chi connectivity index (χ1n) is 15.4. The average Bonchev–Trinajstić information content (AvgIpc) is 3.04. The van der Waals surface area contributed by atoms with Gasteiger partial charge in [-0.2, -0.15) is 0 Å². The van der Waals surface area contributed by atoms with E-state index in [1.165, 1.54) is 9.44 Å². The van der Waals surface area contributed by atoms with Crippen molar-refractivity contribution < 1.29 is 129 Å². The second kappa shape index (κ2) is 19.6. The van der Waals surface area contributed by atoms with Crippen LogP contribution in [0, 0.1) is 0 Å². The third kappa shape index (κ3) is 14.9. The first-order chi connectivity index (χ1) is 26.0. The summed E-state index contributed by atoms with van der Waals surface area (Å²) >= 11 is 0. The maximum atomic E-state index is 12.2. The number of hydrogen-bond acceptors (Lipinski definition) is 28. The molecule has 0 aliphatic carbocycles. The molecule has 1 amide bonds. The predicted octanol–water partition coefficient (Wildman–Crippen LogP) is -11.6. The van der Waals surface area contributed by atoms with Gasteiger partial charge in [0.25, 0.3) is 0 Å². The lowest BCUT2D eigenvalue weighted by Crippen LogP contribution is -2.70. The topological polar surface area (TPSA) is 497 Å². The lowest BCUT2D eigenvalue weighted by Gasteiger charge is -2.49. The minimum atomic E-state index is -5.62. The molecule has 8 N–H and O–H groups in total. The number of hydrogen-bond donors (Lipinski definition) is 8. The van der Waals surface area contributed by atoms with Crippen LogP contribution in [0.25, 0.3) is 0 Å². The number of rotatable bonds is 19. The molecule has 0 bridgehead atoms. The summed E-state index contributed by atoms with van der Waals surface area (Å²) in [7, 11) is -21.7. The number of carboxylic acids is 1. The van der Waals surface area contributed by atoms with Gasteiger partial charge in [0.2, 0.25) is 26.7 Å². The molecule has 15 atom stereocenters. The zero-order chi connectivity index (χ0) is 43.4. The third-order valence-electron chi connectivity index (χ3n) is 7.80. The highest BCUT2D eigenvalue weighted by atomic mass is 32.3. The zero-order valence-electron chi connectivity index (χ0n) is 28.2. The van der Waals surface area contributed by atoms with Crippen molar-refractivity contribution in [3.8, 4) is 0 Å². The van der Waals surface area contributed by atoms with Gasteiger partial charge in [0.1, 0.15) is 73.1 Å². The third-order valence-corrected chi connectivity index (χ3v) is 9.77. The highest BCUT2D eigenvalue weighted by Gasteiger charge is 2.55. The van der Waals surface area contributed by atoms with E-state index in [0.29, 0.717) is 0 Å². The molecule has 0 aromatic carbocycles. The fraction of sp³-hybridized carbons (Fsp3) is 0.909. The minimum Gasteiger partial charge on any atom is -0.735 e. The van der Waals surface area contributed by atoms with E-state index in [4.69, 9.17) is 28.4 Å². The number of nitrogens with one attached hydrogen (secondary N) is 3. The standard InChI is InChI=1S/C22H39N3O28S4/c1-6(26)24-9-13(29)16(8(5-48-57(43,44)45)50-20(9)46-3-2-23-54(34,35)36)51-22-15(31)14(30)17(18(53-22)19(32)33)52-21-10(25-55(37,38)39)12(28)11(27)7(49-21)4-47-56(40,41)42/h7-18,20-23,25,27-31H,2-5H2,1H3,(H,24,26)(H,32,33)(H,34,35,36)(H,37,38,39)(H,40,41,42)(H,43,44,45)/p-5/t7-,8-,9-,10-,11-,12-,13-,14-,15-,16-,17+,18+,20+,21-,22-/m1/s1. The fourth-order valence-electron chi connectivity index (χ4n) is 5.47. The number of aliphatic hydroxyl groups is 5. The van der Waals surface area contributed by atoms with Crippen LogP contribution >= 0.6 is 0 Å². The predicted molar refractivity (Wildman–Crippen MR) is 160 cm³/mol. The molecule has 31 nitrogen and oxygen atoms in total. The molecule has 3 rings (SSSR count). The molecule has 0 saturated carbocycles. The monoisotopic (exact) mass is 916 g/mol. The Morgan fingerprint density at radius 1 is 0.649 bits per heavy atom. The van der Waals surface area contributed by atoms with Crippen molar-refractivity contribution in [2.75, 3.05) is 26.4 Å². The number of amides is 1. The van der Waals surface area contributed by atoms with Crippen LogP contribution in [0.3, 0.4) is 0 Å². The second-order valence-electron chi connectivity index (χ2n) is 11.9. The van der Waals surface area contributed by atoms with Crippen LogP contribution in [-0.4, -0.2) is 208 Å². The molecular formula is C22H34N3O28S4-5. The molecule has 0 aromatic heterocycles. The van der Waals surface area contributed by atoms with Crippen LogP contribution in [0.4, 0.5) is 0 Å². The van der Waals surface area contributed by atoms with E-state index >= 15 is 0 Å². The highest BCUT2D eigenvalue weighted by Crippen LogP contribution is 2.33. The molecule has 3 aliphatic rings. The van der Waals surface area contributed by atoms with Crippen molar-refractivity contribution in [2.45, 2.75) is 98.9 Å². The molecule has 0 unspecified atom stereocenters. The molecule has 0 spiro atoms. The normalized spacial score (nSPS) is 37.1. The molecular weight excluding hydrogens is 883 g/mol. The molecule has 0 aromatic rings. The van der Waals surface area contributed by atoms with Gasteiger partial charge in [0.05, 0.1) is 25.8 Å². The van der Waals surface area contributed by atoms with Crippen molar-refractivity contribution in [3.63, 3.8) is 0 Å². The number of carbonyl (C=O) groups is 2. The molecule has 334 valence electrons. The first kappa shape index (κ1) is 49.3. The van der Waals surface area contributed by atoms with Gasteiger partial charge in [-0.3, -0.25) is 13.2 Å². The molecule has 3 saturated heterocycles. The van der Waals surface area contributed by atoms with E-state index in [-0.39, 0.29) is 0 Å². The van der Waals surface area contributed by atoms with Gasteiger partial charge < -0.3 is 87.4 Å². The van der Waals surface area contributed by atoms with Gasteiger partial charge in [-0.05, 0) is 0 Å². The highest BCUT2D eigenvalue weighted by molar-refractivity contribution is 7.84. The summed E-state index contributed by atoms with van der Waals surface area (Å²) in [4.78, 5) is 24.2. The van der Waals surface area contributed by atoms with E-state index in [0.717, 1.165) is 6.92 Å². The van der Waals surface area contributed by atoms with Gasteiger partial charge in [-0.1, -0.05) is 0 Å². The first-order valence-corrected chi connectivity index (χ1v) is 20.9. The van der Waals surface area contributed by atoms with Gasteiger partial charge >= 0.3 is 0 Å². The van der Waals surface area contributed by atoms with Crippen LogP contribution in [0.1, 0.15) is 6.92 Å². The lowest BCUT2D eigenvalue weighted by molar-refractivity contribution is -0.381. The van der Waals surface area contributed by atoms with Gasteiger partial charge in [-0.15, -0.1) is 0 Å². The molecule has 3 fully saturated rings. The van der Waals surface area contributed by atoms with Crippen molar-refractivity contribution in [1.82, 2.24) is 14.8 Å². The largest absolute Gasteiger partial charge is 0.735 e.